The molecular formula is C17H13N3O4. The van der Waals surface area contributed by atoms with Crippen LogP contribution < -0.4 is 5.32 Å². The molecule has 1 amide bonds. The summed E-state index contributed by atoms with van der Waals surface area (Å²) in [6.07, 6.45) is 1.26. The maximum atomic E-state index is 12.1. The van der Waals surface area contributed by atoms with E-state index in [2.05, 4.69) is 10.3 Å². The molecule has 0 spiro atoms. The van der Waals surface area contributed by atoms with E-state index in [0.29, 0.717) is 12.1 Å². The Hall–Kier alpha value is -3.48. The number of oxazole rings is 1. The van der Waals surface area contributed by atoms with Crippen molar-refractivity contribution in [1.29, 1.82) is 0 Å². The van der Waals surface area contributed by atoms with Gasteiger partial charge in [0, 0.05) is 24.2 Å². The second-order valence-electron chi connectivity index (χ2n) is 5.01. The molecule has 1 heterocycles. The molecule has 7 heteroatoms. The normalized spacial score (nSPS) is 10.3. The number of hydrogen-bond donors (Lipinski definition) is 1. The number of carbonyl (C=O) groups excluding carboxylic acids is 1. The minimum Gasteiger partial charge on any atom is -0.444 e. The van der Waals surface area contributed by atoms with E-state index in [1.54, 1.807) is 0 Å². The van der Waals surface area contributed by atoms with Crippen LogP contribution in [0.4, 0.5) is 5.69 Å². The first kappa shape index (κ1) is 15.4. The van der Waals surface area contributed by atoms with Crippen LogP contribution in [0.2, 0.25) is 0 Å². The van der Waals surface area contributed by atoms with Crippen LogP contribution in [0.5, 0.6) is 0 Å². The summed E-state index contributed by atoms with van der Waals surface area (Å²) in [5.41, 5.74) is 1.66. The number of nitro benzene ring substituents is 1. The average molecular weight is 323 g/mol. The molecule has 0 saturated heterocycles. The standard InChI is InChI=1S/C17H13N3O4/c21-16(18-10-12-4-2-1-3-5-12)15-11-24-17(19-15)13-6-8-14(9-7-13)20(22)23/h1-9,11H,10H2,(H,18,21). The first-order valence-corrected chi connectivity index (χ1v) is 7.16. The third kappa shape index (κ3) is 3.46. The summed E-state index contributed by atoms with van der Waals surface area (Å²) in [6.45, 7) is 0.388. The molecule has 120 valence electrons. The quantitative estimate of drug-likeness (QED) is 0.574. The van der Waals surface area contributed by atoms with Gasteiger partial charge in [-0.1, -0.05) is 30.3 Å². The molecule has 7 nitrogen and oxygen atoms in total. The Labute approximate surface area is 137 Å². The zero-order valence-electron chi connectivity index (χ0n) is 12.5. The highest BCUT2D eigenvalue weighted by Gasteiger charge is 2.14. The van der Waals surface area contributed by atoms with E-state index in [4.69, 9.17) is 4.42 Å². The largest absolute Gasteiger partial charge is 0.444 e. The summed E-state index contributed by atoms with van der Waals surface area (Å²) in [6, 6.07) is 15.3. The minimum absolute atomic E-state index is 0.0221. The summed E-state index contributed by atoms with van der Waals surface area (Å²) in [5, 5.41) is 13.4. The molecule has 0 bridgehead atoms. The predicted molar refractivity (Wildman–Crippen MR) is 86.2 cm³/mol. The second-order valence-corrected chi connectivity index (χ2v) is 5.01. The predicted octanol–water partition coefficient (Wildman–Crippen LogP) is 3.18. The van der Waals surface area contributed by atoms with Crippen LogP contribution in [0, 0.1) is 10.1 Å². The van der Waals surface area contributed by atoms with Crippen LogP contribution in [0.3, 0.4) is 0 Å². The highest BCUT2D eigenvalue weighted by molar-refractivity contribution is 5.92. The van der Waals surface area contributed by atoms with E-state index in [1.807, 2.05) is 30.3 Å². The zero-order valence-corrected chi connectivity index (χ0v) is 12.5. The number of aromatic nitrogens is 1. The van der Waals surface area contributed by atoms with Crippen molar-refractivity contribution in [2.75, 3.05) is 0 Å². The molecule has 0 radical (unpaired) electrons. The molecule has 3 rings (SSSR count). The summed E-state index contributed by atoms with van der Waals surface area (Å²) < 4.78 is 5.28. The molecule has 1 aromatic heterocycles. The number of amides is 1. The Kier molecular flexibility index (Phi) is 4.33. The fourth-order valence-electron chi connectivity index (χ4n) is 2.11. The smallest absolute Gasteiger partial charge is 0.273 e. The molecule has 0 aliphatic heterocycles. The van der Waals surface area contributed by atoms with Crippen molar-refractivity contribution in [2.45, 2.75) is 6.54 Å². The SMILES string of the molecule is O=C(NCc1ccccc1)c1coc(-c2ccc([N+](=O)[O-])cc2)n1. The summed E-state index contributed by atoms with van der Waals surface area (Å²) in [7, 11) is 0. The van der Waals surface area contributed by atoms with E-state index in [-0.39, 0.29) is 23.2 Å². The van der Waals surface area contributed by atoms with Gasteiger partial charge >= 0.3 is 0 Å². The fourth-order valence-corrected chi connectivity index (χ4v) is 2.11. The molecule has 0 unspecified atom stereocenters. The fraction of sp³-hybridized carbons (Fsp3) is 0.0588. The highest BCUT2D eigenvalue weighted by Crippen LogP contribution is 2.21. The average Bonchev–Trinajstić information content (AvgIpc) is 3.11. The molecule has 0 saturated carbocycles. The summed E-state index contributed by atoms with van der Waals surface area (Å²) in [4.78, 5) is 26.4. The highest BCUT2D eigenvalue weighted by atomic mass is 16.6. The van der Waals surface area contributed by atoms with Crippen molar-refractivity contribution in [3.8, 4) is 11.5 Å². The van der Waals surface area contributed by atoms with Gasteiger partial charge in [-0.25, -0.2) is 4.98 Å². The number of benzene rings is 2. The number of nitrogens with zero attached hydrogens (tertiary/aromatic N) is 2. The first-order chi connectivity index (χ1) is 11.6. The van der Waals surface area contributed by atoms with E-state index < -0.39 is 4.92 Å². The van der Waals surface area contributed by atoms with Gasteiger partial charge in [-0.15, -0.1) is 0 Å². The molecule has 0 aliphatic carbocycles. The number of nitrogens with one attached hydrogen (secondary N) is 1. The summed E-state index contributed by atoms with van der Waals surface area (Å²) >= 11 is 0. The molecule has 1 N–H and O–H groups in total. The Morgan fingerprint density at radius 2 is 1.83 bits per heavy atom. The molecule has 3 aromatic rings. The molecule has 0 fully saturated rings. The maximum Gasteiger partial charge on any atom is 0.273 e. The lowest BCUT2D eigenvalue weighted by atomic mass is 10.2. The number of nitro groups is 1. The Morgan fingerprint density at radius 1 is 1.12 bits per heavy atom. The van der Waals surface area contributed by atoms with Gasteiger partial charge in [0.1, 0.15) is 6.26 Å². The number of hydrogen-bond acceptors (Lipinski definition) is 5. The molecule has 24 heavy (non-hydrogen) atoms. The van der Waals surface area contributed by atoms with Gasteiger partial charge in [-0.2, -0.15) is 0 Å². The van der Waals surface area contributed by atoms with Crippen LogP contribution in [0.25, 0.3) is 11.5 Å². The lowest BCUT2D eigenvalue weighted by Gasteiger charge is -2.02. The molecular weight excluding hydrogens is 310 g/mol. The van der Waals surface area contributed by atoms with Gasteiger partial charge in [0.2, 0.25) is 5.89 Å². The molecule has 0 aliphatic rings. The van der Waals surface area contributed by atoms with Gasteiger partial charge in [0.25, 0.3) is 11.6 Å². The van der Waals surface area contributed by atoms with E-state index in [0.717, 1.165) is 5.56 Å². The van der Waals surface area contributed by atoms with Crippen LogP contribution >= 0.6 is 0 Å². The van der Waals surface area contributed by atoms with Crippen LogP contribution in [-0.2, 0) is 6.54 Å². The van der Waals surface area contributed by atoms with Crippen molar-refractivity contribution in [3.63, 3.8) is 0 Å². The van der Waals surface area contributed by atoms with Crippen molar-refractivity contribution >= 4 is 11.6 Å². The Balaban J connectivity index is 1.68. The number of carbonyl (C=O) groups is 1. The molecule has 2 aromatic carbocycles. The van der Waals surface area contributed by atoms with Gasteiger partial charge in [0.05, 0.1) is 4.92 Å². The van der Waals surface area contributed by atoms with Crippen molar-refractivity contribution in [3.05, 3.63) is 82.2 Å². The lowest BCUT2D eigenvalue weighted by molar-refractivity contribution is -0.384. The van der Waals surface area contributed by atoms with Crippen molar-refractivity contribution in [2.24, 2.45) is 0 Å². The van der Waals surface area contributed by atoms with Gasteiger partial charge in [-0.05, 0) is 17.7 Å². The lowest BCUT2D eigenvalue weighted by Crippen LogP contribution is -2.23. The van der Waals surface area contributed by atoms with Crippen LogP contribution in [-0.4, -0.2) is 15.8 Å². The van der Waals surface area contributed by atoms with Gasteiger partial charge in [-0.3, -0.25) is 14.9 Å². The van der Waals surface area contributed by atoms with E-state index >= 15 is 0 Å². The van der Waals surface area contributed by atoms with Crippen molar-refractivity contribution in [1.82, 2.24) is 10.3 Å². The van der Waals surface area contributed by atoms with Gasteiger partial charge < -0.3 is 9.73 Å². The zero-order chi connectivity index (χ0) is 16.9. The van der Waals surface area contributed by atoms with E-state index in [1.165, 1.54) is 30.5 Å². The van der Waals surface area contributed by atoms with Gasteiger partial charge in [0.15, 0.2) is 5.69 Å². The number of non-ortho nitro benzene ring substituents is 1. The third-order valence-corrected chi connectivity index (χ3v) is 3.36. The second kappa shape index (κ2) is 6.74. The topological polar surface area (TPSA) is 98.3 Å². The summed E-state index contributed by atoms with van der Waals surface area (Å²) in [5.74, 6) is -0.120. The third-order valence-electron chi connectivity index (χ3n) is 3.36. The first-order valence-electron chi connectivity index (χ1n) is 7.16. The number of rotatable bonds is 5. The maximum absolute atomic E-state index is 12.1. The van der Waals surface area contributed by atoms with Crippen LogP contribution in [0.15, 0.2) is 65.3 Å². The van der Waals surface area contributed by atoms with E-state index in [9.17, 15) is 14.9 Å². The monoisotopic (exact) mass is 323 g/mol. The Bertz CT molecular complexity index is 857. The van der Waals surface area contributed by atoms with Crippen molar-refractivity contribution < 1.29 is 14.1 Å². The van der Waals surface area contributed by atoms with Crippen LogP contribution in [0.1, 0.15) is 16.1 Å². The minimum atomic E-state index is -0.484. The Morgan fingerprint density at radius 3 is 2.50 bits per heavy atom. The molecule has 0 atom stereocenters.